The highest BCUT2D eigenvalue weighted by atomic mass is 16.3. The molecule has 0 aliphatic rings. The zero-order valence-electron chi connectivity index (χ0n) is 9.20. The van der Waals surface area contributed by atoms with E-state index in [1.807, 2.05) is 37.4 Å². The van der Waals surface area contributed by atoms with Crippen LogP contribution in [0, 0.1) is 6.92 Å². The Morgan fingerprint density at radius 1 is 1.31 bits per heavy atom. The SMILES string of the molecule is Cc1[nH]ncc1CNc1ccccc1CO. The Balaban J connectivity index is 2.07. The first kappa shape index (κ1) is 10.7. The van der Waals surface area contributed by atoms with Crippen LogP contribution in [0.2, 0.25) is 0 Å². The van der Waals surface area contributed by atoms with Crippen molar-refractivity contribution < 1.29 is 5.11 Å². The van der Waals surface area contributed by atoms with Gasteiger partial charge >= 0.3 is 0 Å². The molecule has 4 nitrogen and oxygen atoms in total. The number of rotatable bonds is 4. The summed E-state index contributed by atoms with van der Waals surface area (Å²) in [5, 5.41) is 19.3. The lowest BCUT2D eigenvalue weighted by molar-refractivity contribution is 0.282. The molecule has 2 aromatic rings. The summed E-state index contributed by atoms with van der Waals surface area (Å²) >= 11 is 0. The molecule has 1 aromatic carbocycles. The number of nitrogens with one attached hydrogen (secondary N) is 2. The molecule has 0 saturated carbocycles. The van der Waals surface area contributed by atoms with Crippen molar-refractivity contribution in [1.82, 2.24) is 10.2 Å². The van der Waals surface area contributed by atoms with Crippen LogP contribution in [-0.2, 0) is 13.2 Å². The molecule has 0 amide bonds. The third-order valence-corrected chi connectivity index (χ3v) is 2.59. The van der Waals surface area contributed by atoms with Gasteiger partial charge in [-0.3, -0.25) is 5.10 Å². The molecule has 0 bridgehead atoms. The van der Waals surface area contributed by atoms with Gasteiger partial charge in [-0.1, -0.05) is 18.2 Å². The first-order chi connectivity index (χ1) is 7.81. The summed E-state index contributed by atoms with van der Waals surface area (Å²) in [6.45, 7) is 2.74. The molecule has 1 aromatic heterocycles. The van der Waals surface area contributed by atoms with Gasteiger partial charge in [-0.25, -0.2) is 0 Å². The summed E-state index contributed by atoms with van der Waals surface area (Å²) in [6, 6.07) is 7.73. The second-order valence-electron chi connectivity index (χ2n) is 3.69. The van der Waals surface area contributed by atoms with E-state index >= 15 is 0 Å². The van der Waals surface area contributed by atoms with E-state index in [0.717, 1.165) is 22.5 Å². The van der Waals surface area contributed by atoms with Crippen molar-refractivity contribution >= 4 is 5.69 Å². The number of aliphatic hydroxyl groups excluding tert-OH is 1. The van der Waals surface area contributed by atoms with Crippen LogP contribution in [0.25, 0.3) is 0 Å². The number of aromatic amines is 1. The van der Waals surface area contributed by atoms with Gasteiger partial charge in [-0.15, -0.1) is 0 Å². The summed E-state index contributed by atoms with van der Waals surface area (Å²) in [6.07, 6.45) is 1.81. The van der Waals surface area contributed by atoms with Gasteiger partial charge in [0, 0.05) is 29.1 Å². The Morgan fingerprint density at radius 3 is 2.81 bits per heavy atom. The maximum atomic E-state index is 9.17. The van der Waals surface area contributed by atoms with Crippen molar-refractivity contribution in [3.63, 3.8) is 0 Å². The lowest BCUT2D eigenvalue weighted by atomic mass is 10.2. The van der Waals surface area contributed by atoms with Crippen LogP contribution < -0.4 is 5.32 Å². The number of para-hydroxylation sites is 1. The molecule has 0 atom stereocenters. The molecule has 2 rings (SSSR count). The summed E-state index contributed by atoms with van der Waals surface area (Å²) in [5.74, 6) is 0. The highest BCUT2D eigenvalue weighted by molar-refractivity contribution is 5.51. The van der Waals surface area contributed by atoms with Crippen LogP contribution in [-0.4, -0.2) is 15.3 Å². The molecule has 0 fully saturated rings. The lowest BCUT2D eigenvalue weighted by Crippen LogP contribution is -2.02. The van der Waals surface area contributed by atoms with Crippen molar-refractivity contribution in [3.8, 4) is 0 Å². The normalized spacial score (nSPS) is 10.4. The molecule has 0 spiro atoms. The Hall–Kier alpha value is -1.81. The first-order valence-electron chi connectivity index (χ1n) is 5.22. The molecule has 0 radical (unpaired) electrons. The third-order valence-electron chi connectivity index (χ3n) is 2.59. The van der Waals surface area contributed by atoms with Gasteiger partial charge in [0.15, 0.2) is 0 Å². The van der Waals surface area contributed by atoms with Gasteiger partial charge in [0.2, 0.25) is 0 Å². The minimum absolute atomic E-state index is 0.0491. The van der Waals surface area contributed by atoms with E-state index in [1.165, 1.54) is 0 Å². The summed E-state index contributed by atoms with van der Waals surface area (Å²) in [5.41, 5.74) is 4.07. The smallest absolute Gasteiger partial charge is 0.0701 e. The summed E-state index contributed by atoms with van der Waals surface area (Å²) in [4.78, 5) is 0. The van der Waals surface area contributed by atoms with E-state index in [0.29, 0.717) is 6.54 Å². The Labute approximate surface area is 94.3 Å². The number of nitrogens with zero attached hydrogens (tertiary/aromatic N) is 1. The Bertz CT molecular complexity index is 465. The predicted octanol–water partition coefficient (Wildman–Crippen LogP) is 1.82. The molecule has 4 heteroatoms. The minimum Gasteiger partial charge on any atom is -0.392 e. The number of aromatic nitrogens is 2. The Kier molecular flexibility index (Phi) is 3.22. The molecule has 0 unspecified atom stereocenters. The average molecular weight is 217 g/mol. The van der Waals surface area contributed by atoms with Gasteiger partial charge in [-0.2, -0.15) is 5.10 Å². The standard InChI is InChI=1S/C12H15N3O/c1-9-11(7-14-15-9)6-13-12-5-3-2-4-10(12)8-16/h2-5,7,13,16H,6,8H2,1H3,(H,14,15). The summed E-state index contributed by atoms with van der Waals surface area (Å²) < 4.78 is 0. The van der Waals surface area contributed by atoms with Crippen LogP contribution in [0.1, 0.15) is 16.8 Å². The van der Waals surface area contributed by atoms with Crippen LogP contribution in [0.3, 0.4) is 0 Å². The molecule has 1 heterocycles. The second kappa shape index (κ2) is 4.81. The van der Waals surface area contributed by atoms with Gasteiger partial charge in [0.1, 0.15) is 0 Å². The van der Waals surface area contributed by atoms with Crippen molar-refractivity contribution in [1.29, 1.82) is 0 Å². The fraction of sp³-hybridized carbons (Fsp3) is 0.250. The van der Waals surface area contributed by atoms with Crippen molar-refractivity contribution in [3.05, 3.63) is 47.3 Å². The van der Waals surface area contributed by atoms with E-state index in [1.54, 1.807) is 0 Å². The zero-order valence-corrected chi connectivity index (χ0v) is 9.20. The number of hydrogen-bond donors (Lipinski definition) is 3. The van der Waals surface area contributed by atoms with Crippen LogP contribution in [0.5, 0.6) is 0 Å². The van der Waals surface area contributed by atoms with Crippen molar-refractivity contribution in [2.45, 2.75) is 20.1 Å². The third kappa shape index (κ3) is 2.23. The number of anilines is 1. The largest absolute Gasteiger partial charge is 0.392 e. The molecule has 16 heavy (non-hydrogen) atoms. The molecular formula is C12H15N3O. The van der Waals surface area contributed by atoms with E-state index in [9.17, 15) is 5.11 Å². The topological polar surface area (TPSA) is 60.9 Å². The quantitative estimate of drug-likeness (QED) is 0.732. The molecule has 0 saturated heterocycles. The maximum Gasteiger partial charge on any atom is 0.0701 e. The number of aliphatic hydroxyl groups is 1. The number of aryl methyl sites for hydroxylation is 1. The molecule has 0 aliphatic carbocycles. The molecular weight excluding hydrogens is 202 g/mol. The average Bonchev–Trinajstić information content (AvgIpc) is 2.72. The number of H-pyrrole nitrogens is 1. The van der Waals surface area contributed by atoms with Gasteiger partial charge in [0.25, 0.3) is 0 Å². The highest BCUT2D eigenvalue weighted by Gasteiger charge is 2.02. The fourth-order valence-electron chi connectivity index (χ4n) is 1.57. The van der Waals surface area contributed by atoms with Crippen LogP contribution >= 0.6 is 0 Å². The van der Waals surface area contributed by atoms with Gasteiger partial charge < -0.3 is 10.4 Å². The summed E-state index contributed by atoms with van der Waals surface area (Å²) in [7, 11) is 0. The van der Waals surface area contributed by atoms with E-state index in [-0.39, 0.29) is 6.61 Å². The number of hydrogen-bond acceptors (Lipinski definition) is 3. The van der Waals surface area contributed by atoms with Crippen LogP contribution in [0.4, 0.5) is 5.69 Å². The number of benzene rings is 1. The van der Waals surface area contributed by atoms with Gasteiger partial charge in [0.05, 0.1) is 12.8 Å². The minimum atomic E-state index is 0.0491. The maximum absolute atomic E-state index is 9.17. The fourth-order valence-corrected chi connectivity index (χ4v) is 1.57. The molecule has 3 N–H and O–H groups in total. The van der Waals surface area contributed by atoms with Crippen molar-refractivity contribution in [2.75, 3.05) is 5.32 Å². The van der Waals surface area contributed by atoms with Gasteiger partial charge in [-0.05, 0) is 13.0 Å². The lowest BCUT2D eigenvalue weighted by Gasteiger charge is -2.09. The van der Waals surface area contributed by atoms with E-state index in [4.69, 9.17) is 0 Å². The first-order valence-corrected chi connectivity index (χ1v) is 5.22. The van der Waals surface area contributed by atoms with E-state index < -0.39 is 0 Å². The monoisotopic (exact) mass is 217 g/mol. The Morgan fingerprint density at radius 2 is 2.12 bits per heavy atom. The van der Waals surface area contributed by atoms with E-state index in [2.05, 4.69) is 15.5 Å². The van der Waals surface area contributed by atoms with Crippen molar-refractivity contribution in [2.24, 2.45) is 0 Å². The molecule has 0 aliphatic heterocycles. The predicted molar refractivity (Wildman–Crippen MR) is 63.0 cm³/mol. The molecule has 84 valence electrons. The zero-order chi connectivity index (χ0) is 11.4. The van der Waals surface area contributed by atoms with Crippen LogP contribution in [0.15, 0.2) is 30.5 Å². The second-order valence-corrected chi connectivity index (χ2v) is 3.69. The highest BCUT2D eigenvalue weighted by Crippen LogP contribution is 2.16.